The summed E-state index contributed by atoms with van der Waals surface area (Å²) < 4.78 is 20.0. The number of benzene rings is 1. The third-order valence-corrected chi connectivity index (χ3v) is 6.21. The summed E-state index contributed by atoms with van der Waals surface area (Å²) in [6.07, 6.45) is 3.79. The molecule has 2 atom stereocenters. The van der Waals surface area contributed by atoms with E-state index in [0.717, 1.165) is 5.69 Å². The average Bonchev–Trinajstić information content (AvgIpc) is 3.24. The number of halogens is 1. The molecule has 0 spiro atoms. The van der Waals surface area contributed by atoms with E-state index in [4.69, 9.17) is 16.3 Å². The Bertz CT molecular complexity index is 818. The number of amides is 1. The molecule has 0 N–H and O–H groups in total. The van der Waals surface area contributed by atoms with Gasteiger partial charge in [-0.1, -0.05) is 11.6 Å². The Morgan fingerprint density at radius 1 is 1.38 bits per heavy atom. The third-order valence-electron chi connectivity index (χ3n) is 4.00. The van der Waals surface area contributed by atoms with Gasteiger partial charge in [-0.05, 0) is 51.5 Å². The Morgan fingerprint density at radius 2 is 2.15 bits per heavy atom. The summed E-state index contributed by atoms with van der Waals surface area (Å²) in [5, 5.41) is 4.44. The van der Waals surface area contributed by atoms with Crippen molar-refractivity contribution in [2.75, 3.05) is 13.1 Å². The van der Waals surface area contributed by atoms with Crippen molar-refractivity contribution in [1.82, 2.24) is 14.7 Å². The molecule has 1 aromatic heterocycles. The summed E-state index contributed by atoms with van der Waals surface area (Å²) in [5.41, 5.74) is 0.266. The van der Waals surface area contributed by atoms with Crippen molar-refractivity contribution in [2.45, 2.75) is 42.9 Å². The van der Waals surface area contributed by atoms with E-state index in [1.165, 1.54) is 0 Å². The van der Waals surface area contributed by atoms with Crippen molar-refractivity contribution in [3.8, 4) is 5.69 Å². The molecule has 0 saturated carbocycles. The molecule has 2 unspecified atom stereocenters. The summed E-state index contributed by atoms with van der Waals surface area (Å²) >= 11 is 6.37. The van der Waals surface area contributed by atoms with E-state index in [1.54, 1.807) is 27.9 Å². The fourth-order valence-corrected chi connectivity index (χ4v) is 4.64. The molecule has 26 heavy (non-hydrogen) atoms. The predicted octanol–water partition coefficient (Wildman–Crippen LogP) is 3.64. The van der Waals surface area contributed by atoms with Crippen molar-refractivity contribution in [2.24, 2.45) is 0 Å². The smallest absolute Gasteiger partial charge is 0.410 e. The first-order valence-corrected chi connectivity index (χ1v) is 10.0. The van der Waals surface area contributed by atoms with Gasteiger partial charge in [0, 0.05) is 25.5 Å². The van der Waals surface area contributed by atoms with Crippen LogP contribution in [0.3, 0.4) is 0 Å². The van der Waals surface area contributed by atoms with Crippen molar-refractivity contribution in [3.05, 3.63) is 41.7 Å². The molecule has 2 aromatic rings. The maximum atomic E-state index is 12.9. The highest BCUT2D eigenvalue weighted by atomic mass is 35.5. The number of ether oxygens (including phenoxy) is 1. The van der Waals surface area contributed by atoms with Gasteiger partial charge in [0.05, 0.1) is 31.7 Å². The Morgan fingerprint density at radius 3 is 2.77 bits per heavy atom. The Balaban J connectivity index is 1.69. The number of rotatable bonds is 3. The first-order chi connectivity index (χ1) is 12.2. The number of carbonyl (C=O) groups excluding carboxylic acids is 1. The highest BCUT2D eigenvalue weighted by Gasteiger charge is 2.33. The van der Waals surface area contributed by atoms with E-state index < -0.39 is 16.4 Å². The van der Waals surface area contributed by atoms with Crippen LogP contribution in [0.1, 0.15) is 27.2 Å². The summed E-state index contributed by atoms with van der Waals surface area (Å²) in [7, 11) is -1.30. The second-order valence-corrected chi connectivity index (χ2v) is 9.31. The van der Waals surface area contributed by atoms with Gasteiger partial charge >= 0.3 is 6.09 Å². The first kappa shape index (κ1) is 18.9. The van der Waals surface area contributed by atoms with Gasteiger partial charge in [0.25, 0.3) is 0 Å². The molecule has 6 nitrogen and oxygen atoms in total. The highest BCUT2D eigenvalue weighted by molar-refractivity contribution is 7.85. The van der Waals surface area contributed by atoms with Gasteiger partial charge in [-0.3, -0.25) is 4.21 Å². The minimum Gasteiger partial charge on any atom is -0.444 e. The second-order valence-electron chi connectivity index (χ2n) is 7.20. The first-order valence-electron chi connectivity index (χ1n) is 8.43. The van der Waals surface area contributed by atoms with E-state index in [1.807, 2.05) is 39.1 Å². The topological polar surface area (TPSA) is 64.4 Å². The SMILES string of the molecule is CC(C)(C)OC(=O)N1CCC(S(=O)c2ccc(-n3cccn3)cc2Cl)C1. The van der Waals surface area contributed by atoms with Crippen LogP contribution in [0.25, 0.3) is 5.69 Å². The van der Waals surface area contributed by atoms with Crippen LogP contribution >= 0.6 is 11.6 Å². The van der Waals surface area contributed by atoms with E-state index in [-0.39, 0.29) is 11.3 Å². The van der Waals surface area contributed by atoms with Crippen LogP contribution in [-0.2, 0) is 15.5 Å². The minimum absolute atomic E-state index is 0.157. The molecule has 0 aliphatic carbocycles. The molecule has 1 aliphatic heterocycles. The monoisotopic (exact) mass is 395 g/mol. The average molecular weight is 396 g/mol. The van der Waals surface area contributed by atoms with Crippen LogP contribution in [0.4, 0.5) is 4.79 Å². The predicted molar refractivity (Wildman–Crippen MR) is 101 cm³/mol. The van der Waals surface area contributed by atoms with E-state index in [2.05, 4.69) is 5.10 Å². The van der Waals surface area contributed by atoms with Crippen molar-refractivity contribution in [3.63, 3.8) is 0 Å². The van der Waals surface area contributed by atoms with Gasteiger partial charge in [0.2, 0.25) is 0 Å². The third kappa shape index (κ3) is 4.27. The Hall–Kier alpha value is -1.86. The summed E-state index contributed by atoms with van der Waals surface area (Å²) in [6.45, 7) is 6.43. The van der Waals surface area contributed by atoms with Gasteiger partial charge in [-0.15, -0.1) is 0 Å². The van der Waals surface area contributed by atoms with Crippen LogP contribution in [0.15, 0.2) is 41.6 Å². The summed E-state index contributed by atoms with van der Waals surface area (Å²) in [5.74, 6) is 0. The van der Waals surface area contributed by atoms with Crippen LogP contribution in [0.2, 0.25) is 5.02 Å². The van der Waals surface area contributed by atoms with Gasteiger partial charge in [0.1, 0.15) is 5.60 Å². The lowest BCUT2D eigenvalue weighted by atomic mass is 10.2. The fraction of sp³-hybridized carbons (Fsp3) is 0.444. The standard InChI is InChI=1S/C18H22ClN3O3S/c1-18(2,3)25-17(23)21-10-7-14(12-21)26(24)16-6-5-13(11-15(16)19)22-9-4-8-20-22/h4-6,8-9,11,14H,7,10,12H2,1-3H3. The summed E-state index contributed by atoms with van der Waals surface area (Å²) in [4.78, 5) is 14.4. The number of hydrogen-bond acceptors (Lipinski definition) is 4. The summed E-state index contributed by atoms with van der Waals surface area (Å²) in [6, 6.07) is 7.18. The molecule has 0 radical (unpaired) electrons. The number of aromatic nitrogens is 2. The molecular formula is C18H22ClN3O3S. The maximum absolute atomic E-state index is 12.9. The minimum atomic E-state index is -1.30. The van der Waals surface area contributed by atoms with E-state index >= 15 is 0 Å². The van der Waals surface area contributed by atoms with E-state index in [0.29, 0.717) is 29.4 Å². The van der Waals surface area contributed by atoms with Crippen molar-refractivity contribution < 1.29 is 13.7 Å². The quantitative estimate of drug-likeness (QED) is 0.795. The molecule has 1 amide bonds. The lowest BCUT2D eigenvalue weighted by Gasteiger charge is -2.24. The molecule has 3 rings (SSSR count). The van der Waals surface area contributed by atoms with Gasteiger partial charge in [0.15, 0.2) is 0 Å². The zero-order valence-electron chi connectivity index (χ0n) is 15.0. The van der Waals surface area contributed by atoms with Crippen molar-refractivity contribution in [1.29, 1.82) is 0 Å². The lowest BCUT2D eigenvalue weighted by molar-refractivity contribution is 0.0295. The van der Waals surface area contributed by atoms with Gasteiger partial charge in [-0.25, -0.2) is 9.48 Å². The zero-order valence-corrected chi connectivity index (χ0v) is 16.6. The van der Waals surface area contributed by atoms with Gasteiger partial charge in [-0.2, -0.15) is 5.10 Å². The number of carbonyl (C=O) groups is 1. The van der Waals surface area contributed by atoms with E-state index in [9.17, 15) is 9.00 Å². The Kier molecular flexibility index (Phi) is 5.39. The molecule has 1 aromatic carbocycles. The highest BCUT2D eigenvalue weighted by Crippen LogP contribution is 2.28. The molecule has 1 fully saturated rings. The van der Waals surface area contributed by atoms with Crippen LogP contribution in [-0.4, -0.2) is 48.9 Å². The van der Waals surface area contributed by atoms with Gasteiger partial charge < -0.3 is 9.64 Å². The molecule has 140 valence electrons. The van der Waals surface area contributed by atoms with Crippen LogP contribution in [0.5, 0.6) is 0 Å². The number of likely N-dealkylation sites (tertiary alicyclic amines) is 1. The maximum Gasteiger partial charge on any atom is 0.410 e. The molecule has 1 saturated heterocycles. The number of hydrogen-bond donors (Lipinski definition) is 0. The second kappa shape index (κ2) is 7.40. The number of nitrogens with zero attached hydrogens (tertiary/aromatic N) is 3. The van der Waals surface area contributed by atoms with Crippen LogP contribution in [0, 0.1) is 0 Å². The Labute approximate surface area is 160 Å². The van der Waals surface area contributed by atoms with Crippen molar-refractivity contribution >= 4 is 28.5 Å². The molecule has 1 aliphatic rings. The largest absolute Gasteiger partial charge is 0.444 e. The molecule has 0 bridgehead atoms. The van der Waals surface area contributed by atoms with Crippen LogP contribution < -0.4 is 0 Å². The molecular weight excluding hydrogens is 374 g/mol. The fourth-order valence-electron chi connectivity index (χ4n) is 2.79. The zero-order chi connectivity index (χ0) is 18.9. The molecule has 8 heteroatoms. The molecule has 2 heterocycles. The normalized spacial score (nSPS) is 18.8. The lowest BCUT2D eigenvalue weighted by Crippen LogP contribution is -2.36.